The van der Waals surface area contributed by atoms with Crippen LogP contribution in [0, 0.1) is 6.92 Å². The number of methoxy groups -OCH3 is 1. The van der Waals surface area contributed by atoms with Crippen LogP contribution in [0.3, 0.4) is 0 Å². The highest BCUT2D eigenvalue weighted by Gasteiger charge is 2.40. The molecule has 2 rings (SSSR count). The van der Waals surface area contributed by atoms with Crippen molar-refractivity contribution in [3.63, 3.8) is 0 Å². The molecule has 0 saturated heterocycles. The second kappa shape index (κ2) is 6.59. The van der Waals surface area contributed by atoms with Gasteiger partial charge in [0, 0.05) is 25.9 Å². The summed E-state index contributed by atoms with van der Waals surface area (Å²) in [6.45, 7) is 6.08. The Balaban J connectivity index is 2.34. The number of para-hydroxylation sites is 1. The third-order valence-corrected chi connectivity index (χ3v) is 4.78. The quantitative estimate of drug-likeness (QED) is 0.898. The average Bonchev–Trinajstić information content (AvgIpc) is 2.50. The van der Waals surface area contributed by atoms with Crippen LogP contribution in [-0.4, -0.2) is 31.8 Å². The molecule has 1 fully saturated rings. The van der Waals surface area contributed by atoms with Crippen molar-refractivity contribution in [3.05, 3.63) is 29.8 Å². The second-order valence-electron chi connectivity index (χ2n) is 5.91. The van der Waals surface area contributed by atoms with Gasteiger partial charge in [-0.25, -0.2) is 0 Å². The number of anilines is 1. The van der Waals surface area contributed by atoms with Crippen LogP contribution in [0.5, 0.6) is 0 Å². The van der Waals surface area contributed by atoms with Gasteiger partial charge >= 0.3 is 0 Å². The summed E-state index contributed by atoms with van der Waals surface area (Å²) in [5, 5.41) is 0. The fraction of sp³-hybridized carbons (Fsp3) is 0.647. The average molecular weight is 276 g/mol. The predicted octanol–water partition coefficient (Wildman–Crippen LogP) is 3.11. The topological polar surface area (TPSA) is 38.5 Å². The Morgan fingerprint density at radius 3 is 2.75 bits per heavy atom. The molecule has 0 spiro atoms. The summed E-state index contributed by atoms with van der Waals surface area (Å²) in [5.74, 6) is 0. The Morgan fingerprint density at radius 2 is 2.15 bits per heavy atom. The molecule has 0 aliphatic heterocycles. The van der Waals surface area contributed by atoms with E-state index in [1.807, 2.05) is 7.11 Å². The van der Waals surface area contributed by atoms with Gasteiger partial charge in [0.1, 0.15) is 0 Å². The van der Waals surface area contributed by atoms with Gasteiger partial charge in [-0.1, -0.05) is 18.2 Å². The van der Waals surface area contributed by atoms with Crippen LogP contribution in [0.1, 0.15) is 38.2 Å². The van der Waals surface area contributed by atoms with Crippen LogP contribution in [0.15, 0.2) is 24.3 Å². The monoisotopic (exact) mass is 276 g/mol. The highest BCUT2D eigenvalue weighted by Crippen LogP contribution is 2.38. The molecule has 1 saturated carbocycles. The summed E-state index contributed by atoms with van der Waals surface area (Å²) in [5.41, 5.74) is 8.90. The van der Waals surface area contributed by atoms with E-state index in [-0.39, 0.29) is 5.54 Å². The van der Waals surface area contributed by atoms with Crippen molar-refractivity contribution in [1.82, 2.24) is 0 Å². The van der Waals surface area contributed by atoms with E-state index < -0.39 is 0 Å². The Morgan fingerprint density at radius 1 is 1.40 bits per heavy atom. The molecule has 0 radical (unpaired) electrons. The molecule has 1 aromatic rings. The largest absolute Gasteiger partial charge is 0.381 e. The van der Waals surface area contributed by atoms with Crippen LogP contribution < -0.4 is 10.6 Å². The molecule has 112 valence electrons. The van der Waals surface area contributed by atoms with Gasteiger partial charge in [0.2, 0.25) is 0 Å². The first-order valence-corrected chi connectivity index (χ1v) is 7.73. The highest BCUT2D eigenvalue weighted by atomic mass is 16.5. The Kier molecular flexibility index (Phi) is 5.06. The van der Waals surface area contributed by atoms with Crippen LogP contribution in [-0.2, 0) is 4.74 Å². The number of ether oxygens (including phenoxy) is 1. The molecule has 0 heterocycles. The van der Waals surface area contributed by atoms with Crippen molar-refractivity contribution in [2.24, 2.45) is 5.73 Å². The molecule has 20 heavy (non-hydrogen) atoms. The molecule has 3 heteroatoms. The van der Waals surface area contributed by atoms with Crippen LogP contribution in [0.4, 0.5) is 5.69 Å². The van der Waals surface area contributed by atoms with Gasteiger partial charge in [0.25, 0.3) is 0 Å². The second-order valence-corrected chi connectivity index (χ2v) is 5.91. The fourth-order valence-electron chi connectivity index (χ4n) is 3.66. The first kappa shape index (κ1) is 15.3. The summed E-state index contributed by atoms with van der Waals surface area (Å²) < 4.78 is 5.63. The lowest BCUT2D eigenvalue weighted by atomic mass is 9.78. The smallest absolute Gasteiger partial charge is 0.0594 e. The van der Waals surface area contributed by atoms with Gasteiger partial charge in [0.15, 0.2) is 0 Å². The molecule has 1 aliphatic rings. The molecular formula is C17H28N2O. The van der Waals surface area contributed by atoms with Crippen molar-refractivity contribution in [2.75, 3.05) is 25.1 Å². The molecule has 2 unspecified atom stereocenters. The van der Waals surface area contributed by atoms with Gasteiger partial charge in [-0.15, -0.1) is 0 Å². The highest BCUT2D eigenvalue weighted by molar-refractivity contribution is 5.55. The van der Waals surface area contributed by atoms with Crippen molar-refractivity contribution in [3.8, 4) is 0 Å². The van der Waals surface area contributed by atoms with Crippen LogP contribution >= 0.6 is 0 Å². The van der Waals surface area contributed by atoms with Crippen molar-refractivity contribution < 1.29 is 4.74 Å². The zero-order chi connectivity index (χ0) is 14.6. The molecule has 2 atom stereocenters. The standard InChI is InChI=1S/C17H28N2O/c1-4-19(16-10-6-5-8-14(16)2)17(13-18)11-7-9-15(12-17)20-3/h5-6,8,10,15H,4,7,9,11-13,18H2,1-3H3. The molecule has 2 N–H and O–H groups in total. The number of nitrogens with zero attached hydrogens (tertiary/aromatic N) is 1. The van der Waals surface area contributed by atoms with E-state index in [4.69, 9.17) is 10.5 Å². The Bertz CT molecular complexity index is 435. The third kappa shape index (κ3) is 2.84. The number of likely N-dealkylation sites (N-methyl/N-ethyl adjacent to an activating group) is 1. The molecule has 0 aromatic heterocycles. The maximum absolute atomic E-state index is 6.22. The maximum atomic E-state index is 6.22. The summed E-state index contributed by atoms with van der Waals surface area (Å²) in [6.07, 6.45) is 4.88. The summed E-state index contributed by atoms with van der Waals surface area (Å²) >= 11 is 0. The van der Waals surface area contributed by atoms with E-state index in [0.29, 0.717) is 12.6 Å². The lowest BCUT2D eigenvalue weighted by Crippen LogP contribution is -2.58. The van der Waals surface area contributed by atoms with Crippen molar-refractivity contribution in [2.45, 2.75) is 51.2 Å². The van der Waals surface area contributed by atoms with E-state index in [2.05, 4.69) is 43.0 Å². The number of benzene rings is 1. The molecule has 1 aliphatic carbocycles. The first-order chi connectivity index (χ1) is 9.66. The van der Waals surface area contributed by atoms with Gasteiger partial charge in [-0.3, -0.25) is 0 Å². The van der Waals surface area contributed by atoms with Crippen molar-refractivity contribution >= 4 is 5.69 Å². The maximum Gasteiger partial charge on any atom is 0.0594 e. The summed E-state index contributed by atoms with van der Waals surface area (Å²) in [7, 11) is 1.82. The molecule has 0 bridgehead atoms. The van der Waals surface area contributed by atoms with Gasteiger partial charge in [-0.05, 0) is 51.2 Å². The fourth-order valence-corrected chi connectivity index (χ4v) is 3.66. The SMILES string of the molecule is CCN(c1ccccc1C)C1(CN)CCCC(OC)C1. The molecule has 3 nitrogen and oxygen atoms in total. The Hall–Kier alpha value is -1.06. The third-order valence-electron chi connectivity index (χ3n) is 4.78. The zero-order valence-corrected chi connectivity index (χ0v) is 13.1. The van der Waals surface area contributed by atoms with E-state index in [1.54, 1.807) is 0 Å². The minimum Gasteiger partial charge on any atom is -0.381 e. The Labute approximate surface area is 123 Å². The number of hydrogen-bond donors (Lipinski definition) is 1. The molecule has 0 amide bonds. The summed E-state index contributed by atoms with van der Waals surface area (Å²) in [4.78, 5) is 2.51. The van der Waals surface area contributed by atoms with E-state index in [1.165, 1.54) is 17.7 Å². The van der Waals surface area contributed by atoms with Gasteiger partial charge in [-0.2, -0.15) is 0 Å². The number of hydrogen-bond acceptors (Lipinski definition) is 3. The van der Waals surface area contributed by atoms with Crippen LogP contribution in [0.2, 0.25) is 0 Å². The normalized spacial score (nSPS) is 26.5. The molecular weight excluding hydrogens is 248 g/mol. The number of aryl methyl sites for hydroxylation is 1. The minimum absolute atomic E-state index is 0.0415. The van der Waals surface area contributed by atoms with Crippen LogP contribution in [0.25, 0.3) is 0 Å². The van der Waals surface area contributed by atoms with E-state index >= 15 is 0 Å². The summed E-state index contributed by atoms with van der Waals surface area (Å²) in [6, 6.07) is 8.61. The van der Waals surface area contributed by atoms with Gasteiger partial charge in [0.05, 0.1) is 11.6 Å². The first-order valence-electron chi connectivity index (χ1n) is 7.73. The van der Waals surface area contributed by atoms with E-state index in [9.17, 15) is 0 Å². The van der Waals surface area contributed by atoms with Crippen molar-refractivity contribution in [1.29, 1.82) is 0 Å². The molecule has 1 aromatic carbocycles. The lowest BCUT2D eigenvalue weighted by Gasteiger charge is -2.49. The predicted molar refractivity (Wildman–Crippen MR) is 85.2 cm³/mol. The number of rotatable bonds is 5. The minimum atomic E-state index is 0.0415. The van der Waals surface area contributed by atoms with Gasteiger partial charge < -0.3 is 15.4 Å². The number of nitrogens with two attached hydrogens (primary N) is 1. The van der Waals surface area contributed by atoms with E-state index in [0.717, 1.165) is 25.8 Å². The zero-order valence-electron chi connectivity index (χ0n) is 13.1. The lowest BCUT2D eigenvalue weighted by molar-refractivity contribution is 0.0412.